The zero-order valence-electron chi connectivity index (χ0n) is 9.29. The molecule has 0 spiro atoms. The molecule has 0 aromatic rings. The summed E-state index contributed by atoms with van der Waals surface area (Å²) in [6.07, 6.45) is 2.40. The lowest BCUT2D eigenvalue weighted by Crippen LogP contribution is -2.50. The lowest BCUT2D eigenvalue weighted by atomic mass is 10.1. The number of rotatable bonds is 7. The first-order valence-electron chi connectivity index (χ1n) is 4.75. The van der Waals surface area contributed by atoms with Gasteiger partial charge in [0.05, 0.1) is 21.1 Å². The Morgan fingerprint density at radius 2 is 2.14 bits per heavy atom. The number of nitrogens with one attached hydrogen (secondary N) is 1. The van der Waals surface area contributed by atoms with E-state index in [1.165, 1.54) is 0 Å². The van der Waals surface area contributed by atoms with Crippen molar-refractivity contribution in [2.75, 3.05) is 34.2 Å². The van der Waals surface area contributed by atoms with Crippen molar-refractivity contribution >= 4 is 5.97 Å². The summed E-state index contributed by atoms with van der Waals surface area (Å²) in [5, 5.41) is 12.1. The van der Waals surface area contributed by atoms with E-state index < -0.39 is 5.97 Å². The van der Waals surface area contributed by atoms with Crippen molar-refractivity contribution in [3.8, 4) is 0 Å². The highest BCUT2D eigenvalue weighted by molar-refractivity contribution is 5.72. The van der Waals surface area contributed by atoms with Crippen molar-refractivity contribution in [2.45, 2.75) is 12.5 Å². The molecular weight excluding hydrogens is 180 g/mol. The molecule has 1 unspecified atom stereocenters. The lowest BCUT2D eigenvalue weighted by molar-refractivity contribution is -0.887. The first kappa shape index (κ1) is 13.1. The van der Waals surface area contributed by atoms with Gasteiger partial charge in [-0.15, -0.1) is 6.58 Å². The molecule has 0 radical (unpaired) electrons. The summed E-state index contributed by atoms with van der Waals surface area (Å²) >= 11 is 0. The summed E-state index contributed by atoms with van der Waals surface area (Å²) in [6.45, 7) is 5.01. The van der Waals surface area contributed by atoms with E-state index >= 15 is 0 Å². The minimum Gasteiger partial charge on any atom is -0.477 e. The number of carboxylic acid groups (broad SMARTS) is 1. The van der Waals surface area contributed by atoms with Gasteiger partial charge >= 0.3 is 5.97 Å². The normalized spacial score (nSPS) is 13.6. The summed E-state index contributed by atoms with van der Waals surface area (Å²) in [6, 6.07) is -0.354. The molecule has 0 saturated heterocycles. The van der Waals surface area contributed by atoms with Crippen molar-refractivity contribution in [3.63, 3.8) is 0 Å². The second-order valence-electron chi connectivity index (χ2n) is 4.25. The maximum Gasteiger partial charge on any atom is 0.362 e. The zero-order valence-corrected chi connectivity index (χ0v) is 9.29. The molecular formula is C10H21N2O2+. The average molecular weight is 201 g/mol. The van der Waals surface area contributed by atoms with E-state index in [0.717, 1.165) is 6.54 Å². The van der Waals surface area contributed by atoms with Gasteiger partial charge in [0.2, 0.25) is 0 Å². The summed E-state index contributed by atoms with van der Waals surface area (Å²) in [7, 11) is 5.69. The predicted molar refractivity (Wildman–Crippen MR) is 57.1 cm³/mol. The maximum absolute atomic E-state index is 10.9. The van der Waals surface area contributed by atoms with Crippen molar-refractivity contribution < 1.29 is 14.4 Å². The van der Waals surface area contributed by atoms with Gasteiger partial charge in [0, 0.05) is 19.5 Å². The maximum atomic E-state index is 10.9. The van der Waals surface area contributed by atoms with Crippen LogP contribution in [0.25, 0.3) is 0 Å². The van der Waals surface area contributed by atoms with Gasteiger partial charge in [0.15, 0.2) is 6.04 Å². The van der Waals surface area contributed by atoms with Crippen molar-refractivity contribution in [3.05, 3.63) is 12.7 Å². The Morgan fingerprint density at radius 3 is 2.50 bits per heavy atom. The molecule has 4 nitrogen and oxygen atoms in total. The molecule has 0 aliphatic heterocycles. The van der Waals surface area contributed by atoms with Gasteiger partial charge in [0.25, 0.3) is 0 Å². The van der Waals surface area contributed by atoms with Gasteiger partial charge in [-0.3, -0.25) is 0 Å². The van der Waals surface area contributed by atoms with E-state index in [2.05, 4.69) is 11.9 Å². The van der Waals surface area contributed by atoms with Gasteiger partial charge in [-0.2, -0.15) is 0 Å². The molecule has 2 N–H and O–H groups in total. The minimum absolute atomic E-state index is 0.354. The zero-order chi connectivity index (χ0) is 11.2. The molecule has 0 rings (SSSR count). The van der Waals surface area contributed by atoms with E-state index in [0.29, 0.717) is 17.4 Å². The van der Waals surface area contributed by atoms with Crippen LogP contribution in [0, 0.1) is 0 Å². The first-order valence-corrected chi connectivity index (χ1v) is 4.75. The number of aliphatic carboxylic acids is 1. The molecule has 0 heterocycles. The second-order valence-corrected chi connectivity index (χ2v) is 4.25. The largest absolute Gasteiger partial charge is 0.477 e. The fraction of sp³-hybridized carbons (Fsp3) is 0.700. The molecule has 4 heteroatoms. The molecule has 0 fully saturated rings. The van der Waals surface area contributed by atoms with Crippen LogP contribution in [0.2, 0.25) is 0 Å². The monoisotopic (exact) mass is 201 g/mol. The fourth-order valence-corrected chi connectivity index (χ4v) is 1.28. The Hall–Kier alpha value is -0.870. The summed E-state index contributed by atoms with van der Waals surface area (Å²) < 4.78 is 0.450. The first-order chi connectivity index (χ1) is 6.39. The van der Waals surface area contributed by atoms with Gasteiger partial charge in [-0.05, 0) is 0 Å². The van der Waals surface area contributed by atoms with Gasteiger partial charge in [0.1, 0.15) is 0 Å². The number of hydrogen-bond donors (Lipinski definition) is 2. The Bertz CT molecular complexity index is 197. The van der Waals surface area contributed by atoms with Crippen LogP contribution in [0.4, 0.5) is 0 Å². The van der Waals surface area contributed by atoms with E-state index in [1.54, 1.807) is 6.08 Å². The third-order valence-electron chi connectivity index (χ3n) is 2.10. The third kappa shape index (κ3) is 4.99. The van der Waals surface area contributed by atoms with E-state index in [-0.39, 0.29) is 6.04 Å². The number of carbonyl (C=O) groups is 1. The van der Waals surface area contributed by atoms with E-state index in [1.807, 2.05) is 21.1 Å². The van der Waals surface area contributed by atoms with Crippen LogP contribution in [0.15, 0.2) is 12.7 Å². The highest BCUT2D eigenvalue weighted by atomic mass is 16.4. The highest BCUT2D eigenvalue weighted by Crippen LogP contribution is 2.06. The van der Waals surface area contributed by atoms with Crippen LogP contribution in [-0.2, 0) is 4.79 Å². The Balaban J connectivity index is 3.99. The quantitative estimate of drug-likeness (QED) is 0.354. The number of hydrogen-bond acceptors (Lipinski definition) is 2. The summed E-state index contributed by atoms with van der Waals surface area (Å²) in [5.41, 5.74) is 0. The second kappa shape index (κ2) is 5.78. The SMILES string of the molecule is C=CCNCCC(C(=O)O)[N+](C)(C)C. The smallest absolute Gasteiger partial charge is 0.362 e. The molecule has 82 valence electrons. The molecule has 0 aromatic carbocycles. The van der Waals surface area contributed by atoms with Crippen molar-refractivity contribution in [1.29, 1.82) is 0 Å². The van der Waals surface area contributed by atoms with Gasteiger partial charge in [-0.1, -0.05) is 6.08 Å². The van der Waals surface area contributed by atoms with Crippen LogP contribution >= 0.6 is 0 Å². The van der Waals surface area contributed by atoms with Crippen LogP contribution in [0.3, 0.4) is 0 Å². The molecule has 0 aliphatic rings. The van der Waals surface area contributed by atoms with Crippen LogP contribution in [0.1, 0.15) is 6.42 Å². The van der Waals surface area contributed by atoms with Gasteiger partial charge < -0.3 is 14.9 Å². The molecule has 0 amide bonds. The molecule has 0 aliphatic carbocycles. The van der Waals surface area contributed by atoms with Crippen molar-refractivity contribution in [1.82, 2.24) is 5.32 Å². The predicted octanol–water partition coefficient (Wildman–Crippen LogP) is 0.312. The van der Waals surface area contributed by atoms with E-state index in [4.69, 9.17) is 5.11 Å². The molecule has 1 atom stereocenters. The standard InChI is InChI=1S/C10H20N2O2/c1-5-7-11-8-6-9(10(13)14)12(2,3)4/h5,9,11H,1,6-8H2,2-4H3/p+1. The van der Waals surface area contributed by atoms with Gasteiger partial charge in [-0.25, -0.2) is 4.79 Å². The Kier molecular flexibility index (Phi) is 5.42. The average Bonchev–Trinajstić information content (AvgIpc) is 2.01. The lowest BCUT2D eigenvalue weighted by Gasteiger charge is -2.31. The molecule has 0 saturated carbocycles. The third-order valence-corrected chi connectivity index (χ3v) is 2.10. The molecule has 0 bridgehead atoms. The number of likely N-dealkylation sites (N-methyl/N-ethyl adjacent to an activating group) is 1. The Morgan fingerprint density at radius 1 is 1.57 bits per heavy atom. The minimum atomic E-state index is -0.738. The molecule has 14 heavy (non-hydrogen) atoms. The summed E-state index contributed by atoms with van der Waals surface area (Å²) in [4.78, 5) is 10.9. The molecule has 0 aromatic heterocycles. The van der Waals surface area contributed by atoms with Crippen LogP contribution < -0.4 is 5.32 Å². The Labute approximate surface area is 85.8 Å². The number of nitrogens with zero attached hydrogens (tertiary/aromatic N) is 1. The van der Waals surface area contributed by atoms with Crippen LogP contribution in [-0.4, -0.2) is 55.8 Å². The topological polar surface area (TPSA) is 49.3 Å². The van der Waals surface area contributed by atoms with Crippen LogP contribution in [0.5, 0.6) is 0 Å². The van der Waals surface area contributed by atoms with E-state index in [9.17, 15) is 4.79 Å². The van der Waals surface area contributed by atoms with Crippen molar-refractivity contribution in [2.24, 2.45) is 0 Å². The number of carboxylic acids is 1. The summed E-state index contributed by atoms with van der Waals surface area (Å²) in [5.74, 6) is -0.738. The fourth-order valence-electron chi connectivity index (χ4n) is 1.28. The highest BCUT2D eigenvalue weighted by Gasteiger charge is 2.30. The number of quaternary nitrogens is 1.